The third-order valence-electron chi connectivity index (χ3n) is 4.46. The quantitative estimate of drug-likeness (QED) is 0.508. The minimum atomic E-state index is -3.17. The average molecular weight is 392 g/mol. The molecule has 3 aromatic rings. The molecule has 0 unspecified atom stereocenters. The van der Waals surface area contributed by atoms with Crippen LogP contribution >= 0.6 is 7.14 Å². The van der Waals surface area contributed by atoms with Gasteiger partial charge >= 0.3 is 0 Å². The van der Waals surface area contributed by atoms with Crippen LogP contribution in [0.15, 0.2) is 83.0 Å². The number of phenols is 1. The van der Waals surface area contributed by atoms with Gasteiger partial charge in [0.15, 0.2) is 7.14 Å². The van der Waals surface area contributed by atoms with E-state index in [0.29, 0.717) is 27.4 Å². The molecule has 0 aliphatic heterocycles. The lowest BCUT2D eigenvalue weighted by atomic mass is 10.1. The lowest BCUT2D eigenvalue weighted by molar-refractivity contribution is -0.115. The fourth-order valence-corrected chi connectivity index (χ4v) is 5.41. The molecule has 3 rings (SSSR count). The molecule has 0 atom stereocenters. The van der Waals surface area contributed by atoms with Gasteiger partial charge in [-0.15, -0.1) is 10.2 Å². The summed E-state index contributed by atoms with van der Waals surface area (Å²) in [6.45, 7) is 3.50. The number of phenolic OH excluding ortho intramolecular Hbond substituents is 1. The molecular formula is C22H21N2O3P. The Morgan fingerprint density at radius 2 is 1.36 bits per heavy atom. The van der Waals surface area contributed by atoms with Crippen LogP contribution < -0.4 is 10.6 Å². The largest absolute Gasteiger partial charge is 0.507 e. The van der Waals surface area contributed by atoms with E-state index >= 15 is 0 Å². The lowest BCUT2D eigenvalue weighted by Gasteiger charge is -2.17. The summed E-state index contributed by atoms with van der Waals surface area (Å²) in [6, 6.07) is 21.3. The van der Waals surface area contributed by atoms with Gasteiger partial charge in [-0.1, -0.05) is 60.7 Å². The molecule has 0 aliphatic carbocycles. The highest BCUT2D eigenvalue weighted by Crippen LogP contribution is 2.43. The molecule has 28 heavy (non-hydrogen) atoms. The maximum atomic E-state index is 13.8. The normalized spacial score (nSPS) is 11.6. The first-order chi connectivity index (χ1) is 13.4. The molecule has 0 saturated carbocycles. The fraction of sp³-hybridized carbons (Fsp3) is 0.136. The van der Waals surface area contributed by atoms with Gasteiger partial charge in [0, 0.05) is 10.6 Å². The monoisotopic (exact) mass is 392 g/mol. The van der Waals surface area contributed by atoms with Crippen LogP contribution in [0.3, 0.4) is 0 Å². The molecule has 142 valence electrons. The Labute approximate surface area is 164 Å². The van der Waals surface area contributed by atoms with Crippen molar-refractivity contribution < 1.29 is 14.5 Å². The Hall–Kier alpha value is -3.04. The molecule has 1 amide bonds. The second-order valence-electron chi connectivity index (χ2n) is 6.59. The minimum absolute atomic E-state index is 0.197. The number of hydrogen-bond donors (Lipinski definition) is 1. The van der Waals surface area contributed by atoms with Crippen molar-refractivity contribution >= 4 is 29.3 Å². The summed E-state index contributed by atoms with van der Waals surface area (Å²) < 4.78 is 13.8. The van der Waals surface area contributed by atoms with Crippen molar-refractivity contribution in [3.05, 3.63) is 83.9 Å². The summed E-state index contributed by atoms with van der Waals surface area (Å²) >= 11 is 0. The number of aryl methyl sites for hydroxylation is 2. The number of amides is 1. The van der Waals surface area contributed by atoms with E-state index in [1.807, 2.05) is 12.1 Å². The highest BCUT2D eigenvalue weighted by Gasteiger charge is 2.30. The van der Waals surface area contributed by atoms with Gasteiger partial charge < -0.3 is 9.67 Å². The molecule has 0 radical (unpaired) electrons. The van der Waals surface area contributed by atoms with Gasteiger partial charge in [0.2, 0.25) is 0 Å². The van der Waals surface area contributed by atoms with Crippen LogP contribution in [-0.2, 0) is 9.36 Å². The molecule has 0 fully saturated rings. The first-order valence-corrected chi connectivity index (χ1v) is 10.7. The highest BCUT2D eigenvalue weighted by atomic mass is 31.2. The maximum absolute atomic E-state index is 13.8. The number of rotatable bonds is 5. The summed E-state index contributed by atoms with van der Waals surface area (Å²) in [4.78, 5) is 12.5. The standard InChI is InChI=1S/C22H21N2O3P/c1-16-13-18(14-17(2)22(16)26)23-24-21(25)15-28(27,19-9-5-3-6-10-19)20-11-7-4-8-12-20/h3-14,26H,15H2,1-2H3. The van der Waals surface area contributed by atoms with Crippen molar-refractivity contribution in [2.75, 3.05) is 6.16 Å². The third-order valence-corrected chi connectivity index (χ3v) is 7.44. The zero-order valence-corrected chi connectivity index (χ0v) is 16.6. The fourth-order valence-electron chi connectivity index (χ4n) is 3.00. The number of carbonyl (C=O) groups excluding carboxylic acids is 1. The third kappa shape index (κ3) is 4.26. The second-order valence-corrected chi connectivity index (χ2v) is 9.42. The molecule has 5 nitrogen and oxygen atoms in total. The molecule has 0 bridgehead atoms. The van der Waals surface area contributed by atoms with Crippen LogP contribution in [0.5, 0.6) is 5.75 Å². The van der Waals surface area contributed by atoms with Crippen LogP contribution in [-0.4, -0.2) is 17.2 Å². The Bertz CT molecular complexity index is 997. The molecule has 1 N–H and O–H groups in total. The molecule has 0 aliphatic rings. The average Bonchev–Trinajstić information content (AvgIpc) is 2.71. The predicted molar refractivity (Wildman–Crippen MR) is 112 cm³/mol. The SMILES string of the molecule is Cc1cc(N=NC(=O)CP(=O)(c2ccccc2)c2ccccc2)cc(C)c1O. The van der Waals surface area contributed by atoms with Crippen LogP contribution in [0.4, 0.5) is 5.69 Å². The van der Waals surface area contributed by atoms with E-state index in [4.69, 9.17) is 0 Å². The zero-order chi connectivity index (χ0) is 20.1. The number of nitrogens with zero attached hydrogens (tertiary/aromatic N) is 2. The Kier molecular flexibility index (Phi) is 5.86. The van der Waals surface area contributed by atoms with Gasteiger partial charge in [0.25, 0.3) is 5.91 Å². The van der Waals surface area contributed by atoms with E-state index < -0.39 is 13.0 Å². The van der Waals surface area contributed by atoms with E-state index in [9.17, 15) is 14.5 Å². The molecular weight excluding hydrogens is 371 g/mol. The van der Waals surface area contributed by atoms with Crippen molar-refractivity contribution in [2.24, 2.45) is 10.2 Å². The van der Waals surface area contributed by atoms with Gasteiger partial charge in [-0.2, -0.15) is 0 Å². The van der Waals surface area contributed by atoms with Gasteiger partial charge in [-0.05, 0) is 37.1 Å². The van der Waals surface area contributed by atoms with Gasteiger partial charge in [-0.3, -0.25) is 4.79 Å². The smallest absolute Gasteiger partial charge is 0.272 e. The molecule has 6 heteroatoms. The Morgan fingerprint density at radius 3 is 1.82 bits per heavy atom. The summed E-state index contributed by atoms with van der Waals surface area (Å²) in [5, 5.41) is 18.8. The first kappa shape index (κ1) is 19.7. The number of carbonyl (C=O) groups is 1. The van der Waals surface area contributed by atoms with Crippen molar-refractivity contribution in [1.82, 2.24) is 0 Å². The van der Waals surface area contributed by atoms with Gasteiger partial charge in [0.1, 0.15) is 5.75 Å². The first-order valence-electron chi connectivity index (χ1n) is 8.85. The van der Waals surface area contributed by atoms with Crippen molar-refractivity contribution in [3.63, 3.8) is 0 Å². The topological polar surface area (TPSA) is 79.1 Å². The van der Waals surface area contributed by atoms with E-state index in [2.05, 4.69) is 10.2 Å². The molecule has 0 heterocycles. The molecule has 0 aromatic heterocycles. The van der Waals surface area contributed by atoms with Crippen molar-refractivity contribution in [3.8, 4) is 5.75 Å². The zero-order valence-electron chi connectivity index (χ0n) is 15.7. The van der Waals surface area contributed by atoms with E-state index in [-0.39, 0.29) is 11.9 Å². The second kappa shape index (κ2) is 8.32. The van der Waals surface area contributed by atoms with Crippen LogP contribution in [0.2, 0.25) is 0 Å². The van der Waals surface area contributed by atoms with E-state index in [1.54, 1.807) is 74.5 Å². The Morgan fingerprint density at radius 1 is 0.893 bits per heavy atom. The molecule has 0 spiro atoms. The number of hydrogen-bond acceptors (Lipinski definition) is 4. The summed E-state index contributed by atoms with van der Waals surface area (Å²) in [6.07, 6.45) is -0.236. The summed E-state index contributed by atoms with van der Waals surface area (Å²) in [7, 11) is -3.17. The van der Waals surface area contributed by atoms with Crippen LogP contribution in [0, 0.1) is 13.8 Å². The van der Waals surface area contributed by atoms with E-state index in [1.165, 1.54) is 0 Å². The van der Waals surface area contributed by atoms with E-state index in [0.717, 1.165) is 0 Å². The molecule has 0 saturated heterocycles. The summed E-state index contributed by atoms with van der Waals surface area (Å²) in [5.74, 6) is -0.359. The van der Waals surface area contributed by atoms with Crippen molar-refractivity contribution in [2.45, 2.75) is 13.8 Å². The highest BCUT2D eigenvalue weighted by molar-refractivity contribution is 7.79. The Balaban J connectivity index is 1.90. The lowest BCUT2D eigenvalue weighted by Crippen LogP contribution is -2.21. The number of aromatic hydroxyl groups is 1. The molecule has 3 aromatic carbocycles. The summed E-state index contributed by atoms with van der Waals surface area (Å²) in [5.41, 5.74) is 1.77. The van der Waals surface area contributed by atoms with Crippen LogP contribution in [0.1, 0.15) is 11.1 Å². The number of benzene rings is 3. The van der Waals surface area contributed by atoms with Crippen molar-refractivity contribution in [1.29, 1.82) is 0 Å². The van der Waals surface area contributed by atoms with Gasteiger partial charge in [0.05, 0.1) is 11.8 Å². The minimum Gasteiger partial charge on any atom is -0.507 e. The predicted octanol–water partition coefficient (Wildman–Crippen LogP) is 4.63. The van der Waals surface area contributed by atoms with Crippen LogP contribution in [0.25, 0.3) is 0 Å². The maximum Gasteiger partial charge on any atom is 0.272 e. The number of azo groups is 1. The van der Waals surface area contributed by atoms with Gasteiger partial charge in [-0.25, -0.2) is 0 Å².